The fraction of sp³-hybridized carbons (Fsp3) is 0.143. The van der Waals surface area contributed by atoms with E-state index in [1.54, 1.807) is 30.3 Å². The molecule has 98 valence electrons. The van der Waals surface area contributed by atoms with Gasteiger partial charge in [-0.2, -0.15) is 0 Å². The van der Waals surface area contributed by atoms with Crippen LogP contribution in [0, 0.1) is 0 Å². The maximum atomic E-state index is 12.2. The van der Waals surface area contributed by atoms with Crippen molar-refractivity contribution in [2.24, 2.45) is 0 Å². The third-order valence-electron chi connectivity index (χ3n) is 2.85. The van der Waals surface area contributed by atoms with Gasteiger partial charge in [0, 0.05) is 11.9 Å². The van der Waals surface area contributed by atoms with Crippen molar-refractivity contribution in [2.75, 3.05) is 7.11 Å². The molecule has 0 aliphatic carbocycles. The average molecular weight is 259 g/mol. The monoisotopic (exact) mass is 259 g/mol. The van der Waals surface area contributed by atoms with Gasteiger partial charge in [0.25, 0.3) is 5.56 Å². The lowest BCUT2D eigenvalue weighted by Gasteiger charge is -2.12. The second kappa shape index (κ2) is 4.97. The molecule has 2 aromatic rings. The number of hydrogen-bond donors (Lipinski definition) is 1. The number of pyridine rings is 1. The number of allylic oxidation sites excluding steroid dienone is 1. The Morgan fingerprint density at radius 3 is 2.79 bits per heavy atom. The van der Waals surface area contributed by atoms with Crippen LogP contribution in [-0.4, -0.2) is 22.8 Å². The van der Waals surface area contributed by atoms with E-state index in [1.807, 2.05) is 0 Å². The van der Waals surface area contributed by atoms with Gasteiger partial charge in [-0.15, -0.1) is 6.58 Å². The van der Waals surface area contributed by atoms with E-state index in [0.29, 0.717) is 10.9 Å². The molecule has 5 nitrogen and oxygen atoms in total. The topological polar surface area (TPSA) is 68.5 Å². The molecule has 0 spiro atoms. The molecule has 19 heavy (non-hydrogen) atoms. The van der Waals surface area contributed by atoms with Gasteiger partial charge >= 0.3 is 5.97 Å². The number of hydrogen-bond acceptors (Lipinski definition) is 4. The van der Waals surface area contributed by atoms with E-state index < -0.39 is 11.5 Å². The number of aromatic nitrogens is 1. The second-order valence-corrected chi connectivity index (χ2v) is 3.94. The number of fused-ring (bicyclic) bond motifs is 1. The minimum atomic E-state index is -0.855. The first kappa shape index (κ1) is 12.9. The lowest BCUT2D eigenvalue weighted by Crippen LogP contribution is -2.27. The molecule has 1 aromatic heterocycles. The molecular weight excluding hydrogens is 246 g/mol. The summed E-state index contributed by atoms with van der Waals surface area (Å²) < 4.78 is 5.91. The van der Waals surface area contributed by atoms with Crippen molar-refractivity contribution >= 4 is 16.9 Å². The molecule has 0 fully saturated rings. The molecule has 0 amide bonds. The van der Waals surface area contributed by atoms with Crippen LogP contribution in [0.3, 0.4) is 0 Å². The van der Waals surface area contributed by atoms with E-state index in [-0.39, 0.29) is 17.9 Å². The molecule has 1 heterocycles. The Morgan fingerprint density at radius 1 is 1.47 bits per heavy atom. The SMILES string of the molecule is C=CCn1c(=O)c(C(=O)OC)c(O)c2ccccc21. The van der Waals surface area contributed by atoms with Gasteiger partial charge in [-0.3, -0.25) is 4.79 Å². The van der Waals surface area contributed by atoms with Crippen molar-refractivity contribution in [1.82, 2.24) is 4.57 Å². The van der Waals surface area contributed by atoms with E-state index in [2.05, 4.69) is 11.3 Å². The van der Waals surface area contributed by atoms with Crippen LogP contribution >= 0.6 is 0 Å². The highest BCUT2D eigenvalue weighted by atomic mass is 16.5. The summed E-state index contributed by atoms with van der Waals surface area (Å²) in [4.78, 5) is 23.9. The Balaban J connectivity index is 2.95. The second-order valence-electron chi connectivity index (χ2n) is 3.94. The van der Waals surface area contributed by atoms with Crippen molar-refractivity contribution in [2.45, 2.75) is 6.54 Å². The van der Waals surface area contributed by atoms with E-state index in [1.165, 1.54) is 4.57 Å². The molecule has 0 aliphatic rings. The van der Waals surface area contributed by atoms with Gasteiger partial charge in [0.2, 0.25) is 0 Å². The molecule has 0 radical (unpaired) electrons. The van der Waals surface area contributed by atoms with E-state index in [0.717, 1.165) is 7.11 Å². The highest BCUT2D eigenvalue weighted by Crippen LogP contribution is 2.26. The van der Waals surface area contributed by atoms with Gasteiger partial charge in [-0.1, -0.05) is 18.2 Å². The average Bonchev–Trinajstić information content (AvgIpc) is 2.43. The predicted octanol–water partition coefficient (Wildman–Crippen LogP) is 1.68. The molecule has 1 aromatic carbocycles. The number of carbonyl (C=O) groups is 1. The smallest absolute Gasteiger partial charge is 0.347 e. The summed E-state index contributed by atoms with van der Waals surface area (Å²) in [6.07, 6.45) is 1.55. The van der Waals surface area contributed by atoms with Gasteiger partial charge in [0.1, 0.15) is 5.75 Å². The normalized spacial score (nSPS) is 10.4. The lowest BCUT2D eigenvalue weighted by molar-refractivity contribution is 0.0595. The fourth-order valence-corrected chi connectivity index (χ4v) is 1.99. The molecule has 0 saturated carbocycles. The fourth-order valence-electron chi connectivity index (χ4n) is 1.99. The summed E-state index contributed by atoms with van der Waals surface area (Å²) in [5.41, 5.74) is -0.413. The number of rotatable bonds is 3. The Bertz CT molecular complexity index is 715. The number of benzene rings is 1. The van der Waals surface area contributed by atoms with Gasteiger partial charge < -0.3 is 14.4 Å². The zero-order chi connectivity index (χ0) is 14.0. The van der Waals surface area contributed by atoms with Crippen LogP contribution in [0.25, 0.3) is 10.9 Å². The van der Waals surface area contributed by atoms with Gasteiger partial charge in [0.05, 0.1) is 12.6 Å². The molecule has 0 bridgehead atoms. The minimum Gasteiger partial charge on any atom is -0.506 e. The van der Waals surface area contributed by atoms with Crippen molar-refractivity contribution in [3.63, 3.8) is 0 Å². The summed E-state index contributed by atoms with van der Waals surface area (Å²) >= 11 is 0. The van der Waals surface area contributed by atoms with Crippen LogP contribution in [0.1, 0.15) is 10.4 Å². The molecular formula is C14H13NO4. The summed E-state index contributed by atoms with van der Waals surface area (Å²) in [6, 6.07) is 6.79. The number of esters is 1. The summed E-state index contributed by atoms with van der Waals surface area (Å²) in [6.45, 7) is 3.82. The number of aromatic hydroxyl groups is 1. The zero-order valence-corrected chi connectivity index (χ0v) is 10.4. The molecule has 0 saturated heterocycles. The number of para-hydroxylation sites is 1. The van der Waals surface area contributed by atoms with E-state index in [4.69, 9.17) is 0 Å². The van der Waals surface area contributed by atoms with Crippen molar-refractivity contribution < 1.29 is 14.6 Å². The largest absolute Gasteiger partial charge is 0.506 e. The van der Waals surface area contributed by atoms with E-state index >= 15 is 0 Å². The molecule has 0 aliphatic heterocycles. The van der Waals surface area contributed by atoms with Crippen molar-refractivity contribution in [1.29, 1.82) is 0 Å². The summed E-state index contributed by atoms with van der Waals surface area (Å²) in [5, 5.41) is 10.5. The highest BCUT2D eigenvalue weighted by Gasteiger charge is 2.22. The van der Waals surface area contributed by atoms with Gasteiger partial charge in [-0.05, 0) is 12.1 Å². The summed E-state index contributed by atoms with van der Waals surface area (Å²) in [7, 11) is 1.16. The highest BCUT2D eigenvalue weighted by molar-refractivity contribution is 5.99. The first-order chi connectivity index (χ1) is 9.11. The Kier molecular flexibility index (Phi) is 3.37. The predicted molar refractivity (Wildman–Crippen MR) is 71.4 cm³/mol. The maximum absolute atomic E-state index is 12.2. The standard InChI is InChI=1S/C14H13NO4/c1-3-8-15-10-7-5-4-6-9(10)12(16)11(13(15)17)14(18)19-2/h3-7,16H,1,8H2,2H3. The first-order valence-electron chi connectivity index (χ1n) is 5.65. The summed E-state index contributed by atoms with van der Waals surface area (Å²) in [5.74, 6) is -1.21. The molecule has 0 atom stereocenters. The lowest BCUT2D eigenvalue weighted by atomic mass is 10.1. The Morgan fingerprint density at radius 2 is 2.16 bits per heavy atom. The number of methoxy groups -OCH3 is 1. The third kappa shape index (κ3) is 1.99. The number of ether oxygens (including phenoxy) is 1. The Hall–Kier alpha value is -2.56. The maximum Gasteiger partial charge on any atom is 0.347 e. The van der Waals surface area contributed by atoms with Crippen LogP contribution < -0.4 is 5.56 Å². The molecule has 0 unspecified atom stereocenters. The minimum absolute atomic E-state index is 0.240. The quantitative estimate of drug-likeness (QED) is 0.672. The van der Waals surface area contributed by atoms with Crippen LogP contribution in [-0.2, 0) is 11.3 Å². The van der Waals surface area contributed by atoms with Crippen molar-refractivity contribution in [3.8, 4) is 5.75 Å². The first-order valence-corrected chi connectivity index (χ1v) is 5.65. The van der Waals surface area contributed by atoms with Gasteiger partial charge in [0.15, 0.2) is 5.56 Å². The third-order valence-corrected chi connectivity index (χ3v) is 2.85. The van der Waals surface area contributed by atoms with Crippen molar-refractivity contribution in [3.05, 3.63) is 52.8 Å². The molecule has 1 N–H and O–H groups in total. The van der Waals surface area contributed by atoms with E-state index in [9.17, 15) is 14.7 Å². The molecule has 2 rings (SSSR count). The van der Waals surface area contributed by atoms with Crippen LogP contribution in [0.15, 0.2) is 41.7 Å². The van der Waals surface area contributed by atoms with Crippen LogP contribution in [0.2, 0.25) is 0 Å². The Labute approximate surface area is 109 Å². The molecule has 5 heteroatoms. The number of nitrogens with zero attached hydrogens (tertiary/aromatic N) is 1. The van der Waals surface area contributed by atoms with Gasteiger partial charge in [-0.25, -0.2) is 4.79 Å². The van der Waals surface area contributed by atoms with Crippen LogP contribution in [0.4, 0.5) is 0 Å². The van der Waals surface area contributed by atoms with Crippen LogP contribution in [0.5, 0.6) is 5.75 Å². The number of carbonyl (C=O) groups excluding carboxylic acids is 1. The zero-order valence-electron chi connectivity index (χ0n) is 10.4.